The van der Waals surface area contributed by atoms with Crippen LogP contribution >= 0.6 is 11.6 Å². The van der Waals surface area contributed by atoms with Crippen LogP contribution in [-0.2, 0) is 0 Å². The fourth-order valence-electron chi connectivity index (χ4n) is 2.71. The topological polar surface area (TPSA) is 48.5 Å². The summed E-state index contributed by atoms with van der Waals surface area (Å²) < 4.78 is 8.52. The minimum atomic E-state index is -0.195. The number of hydrogen-bond donors (Lipinski definition) is 0. The van der Waals surface area contributed by atoms with Crippen LogP contribution in [0.25, 0.3) is 22.6 Å². The minimum Gasteiger partial charge on any atom is -0.497 e. The zero-order valence-electron chi connectivity index (χ0n) is 13.4. The molecule has 0 aliphatic rings. The van der Waals surface area contributed by atoms with Gasteiger partial charge in [-0.2, -0.15) is 0 Å². The molecule has 4 rings (SSSR count). The quantitative estimate of drug-likeness (QED) is 0.564. The molecule has 0 amide bonds. The monoisotopic (exact) mass is 351 g/mol. The molecular formula is C19H14ClN3O2. The van der Waals surface area contributed by atoms with Crippen LogP contribution in [0.15, 0.2) is 71.9 Å². The summed E-state index contributed by atoms with van der Waals surface area (Å²) in [6.45, 7) is 0. The first-order valence-corrected chi connectivity index (χ1v) is 8.04. The van der Waals surface area contributed by atoms with E-state index in [9.17, 15) is 4.79 Å². The number of imidazole rings is 1. The van der Waals surface area contributed by atoms with Gasteiger partial charge in [-0.15, -0.1) is 0 Å². The summed E-state index contributed by atoms with van der Waals surface area (Å²) in [5.41, 5.74) is 2.50. The van der Waals surface area contributed by atoms with E-state index in [2.05, 4.69) is 4.98 Å². The second kappa shape index (κ2) is 6.11. The van der Waals surface area contributed by atoms with E-state index in [4.69, 9.17) is 16.3 Å². The molecule has 0 N–H and O–H groups in total. The van der Waals surface area contributed by atoms with Gasteiger partial charge in [-0.3, -0.25) is 9.36 Å². The first-order valence-electron chi connectivity index (χ1n) is 7.66. The molecule has 25 heavy (non-hydrogen) atoms. The van der Waals surface area contributed by atoms with Crippen LogP contribution in [0.5, 0.6) is 5.75 Å². The van der Waals surface area contributed by atoms with Gasteiger partial charge in [-0.05, 0) is 36.4 Å². The van der Waals surface area contributed by atoms with E-state index in [1.54, 1.807) is 46.5 Å². The number of methoxy groups -OCH3 is 1. The number of hydrogen-bond acceptors (Lipinski definition) is 3. The molecule has 0 saturated heterocycles. The highest BCUT2D eigenvalue weighted by Crippen LogP contribution is 2.23. The van der Waals surface area contributed by atoms with Crippen LogP contribution in [0.3, 0.4) is 0 Å². The van der Waals surface area contributed by atoms with Crippen LogP contribution in [0.2, 0.25) is 5.02 Å². The van der Waals surface area contributed by atoms with Crippen molar-refractivity contribution in [3.63, 3.8) is 0 Å². The predicted molar refractivity (Wildman–Crippen MR) is 97.8 cm³/mol. The lowest BCUT2D eigenvalue weighted by atomic mass is 10.1. The molecule has 0 spiro atoms. The van der Waals surface area contributed by atoms with Crippen molar-refractivity contribution >= 4 is 17.2 Å². The normalized spacial score (nSPS) is 11.0. The Morgan fingerprint density at radius 1 is 1.08 bits per heavy atom. The zero-order chi connectivity index (χ0) is 17.4. The highest BCUT2D eigenvalue weighted by atomic mass is 35.5. The molecule has 0 fully saturated rings. The lowest BCUT2D eigenvalue weighted by molar-refractivity contribution is 0.415. The van der Waals surface area contributed by atoms with Gasteiger partial charge >= 0.3 is 0 Å². The minimum absolute atomic E-state index is 0.195. The molecule has 0 bridgehead atoms. The maximum Gasteiger partial charge on any atom is 0.298 e. The Kier molecular flexibility index (Phi) is 3.78. The van der Waals surface area contributed by atoms with Crippen LogP contribution in [0, 0.1) is 0 Å². The SMILES string of the molecule is COc1cccc(-c2cn3ccn(-c4ccc(Cl)cc4)c(=O)c3n2)c1. The van der Waals surface area contributed by atoms with Crippen molar-refractivity contribution in [2.45, 2.75) is 0 Å². The van der Waals surface area contributed by atoms with Gasteiger partial charge in [0, 0.05) is 34.9 Å². The molecule has 4 aromatic rings. The molecule has 2 aromatic carbocycles. The Hall–Kier alpha value is -3.05. The standard InChI is InChI=1S/C19H14ClN3O2/c1-25-16-4-2-3-13(11-16)17-12-22-9-10-23(19(24)18(22)21-17)15-7-5-14(20)6-8-15/h2-12H,1H3. The molecule has 0 saturated carbocycles. The lowest BCUT2D eigenvalue weighted by Gasteiger charge is -2.05. The van der Waals surface area contributed by atoms with Crippen molar-refractivity contribution in [3.8, 4) is 22.7 Å². The smallest absolute Gasteiger partial charge is 0.298 e. The Bertz CT molecular complexity index is 1110. The molecule has 6 heteroatoms. The van der Waals surface area contributed by atoms with Crippen LogP contribution in [0.1, 0.15) is 0 Å². The van der Waals surface area contributed by atoms with Gasteiger partial charge in [0.1, 0.15) is 5.75 Å². The van der Waals surface area contributed by atoms with E-state index < -0.39 is 0 Å². The third-order valence-electron chi connectivity index (χ3n) is 3.99. The predicted octanol–water partition coefficient (Wildman–Crippen LogP) is 3.81. The fraction of sp³-hybridized carbons (Fsp3) is 0.0526. The summed E-state index contributed by atoms with van der Waals surface area (Å²) in [5.74, 6) is 0.744. The van der Waals surface area contributed by atoms with Crippen molar-refractivity contribution in [2.75, 3.05) is 7.11 Å². The summed E-state index contributed by atoms with van der Waals surface area (Å²) in [6.07, 6.45) is 5.36. The average Bonchev–Trinajstić information content (AvgIpc) is 3.08. The number of aromatic nitrogens is 3. The summed E-state index contributed by atoms with van der Waals surface area (Å²) in [4.78, 5) is 17.3. The number of rotatable bonds is 3. The van der Waals surface area contributed by atoms with E-state index in [1.165, 1.54) is 0 Å². The number of halogens is 1. The first kappa shape index (κ1) is 15.5. The van der Waals surface area contributed by atoms with Crippen LogP contribution in [-0.4, -0.2) is 21.1 Å². The maximum absolute atomic E-state index is 12.8. The molecule has 2 aromatic heterocycles. The number of fused-ring (bicyclic) bond motifs is 1. The van der Waals surface area contributed by atoms with E-state index in [0.29, 0.717) is 16.4 Å². The van der Waals surface area contributed by atoms with Crippen LogP contribution < -0.4 is 10.3 Å². The molecule has 0 atom stereocenters. The van der Waals surface area contributed by atoms with E-state index in [0.717, 1.165) is 17.0 Å². The molecular weight excluding hydrogens is 338 g/mol. The van der Waals surface area contributed by atoms with Gasteiger partial charge in [0.05, 0.1) is 12.8 Å². The highest BCUT2D eigenvalue weighted by Gasteiger charge is 2.10. The molecule has 2 heterocycles. The molecule has 0 radical (unpaired) electrons. The largest absolute Gasteiger partial charge is 0.497 e. The van der Waals surface area contributed by atoms with Crippen molar-refractivity contribution in [1.29, 1.82) is 0 Å². The van der Waals surface area contributed by atoms with Gasteiger partial charge in [0.15, 0.2) is 0 Å². The highest BCUT2D eigenvalue weighted by molar-refractivity contribution is 6.30. The van der Waals surface area contributed by atoms with E-state index >= 15 is 0 Å². The number of benzene rings is 2. The van der Waals surface area contributed by atoms with Gasteiger partial charge in [-0.1, -0.05) is 23.7 Å². The fourth-order valence-corrected chi connectivity index (χ4v) is 2.83. The lowest BCUT2D eigenvalue weighted by Crippen LogP contribution is -2.19. The summed E-state index contributed by atoms with van der Waals surface area (Å²) >= 11 is 5.92. The van der Waals surface area contributed by atoms with Gasteiger partial charge in [0.25, 0.3) is 5.56 Å². The average molecular weight is 352 g/mol. The molecule has 124 valence electrons. The molecule has 0 aliphatic carbocycles. The third-order valence-corrected chi connectivity index (χ3v) is 4.24. The van der Waals surface area contributed by atoms with Crippen LogP contribution in [0.4, 0.5) is 0 Å². The Morgan fingerprint density at radius 2 is 1.88 bits per heavy atom. The summed E-state index contributed by atoms with van der Waals surface area (Å²) in [5, 5.41) is 0.624. The van der Waals surface area contributed by atoms with Crippen molar-refractivity contribution in [1.82, 2.24) is 14.0 Å². The van der Waals surface area contributed by atoms with Gasteiger partial charge < -0.3 is 9.14 Å². The molecule has 5 nitrogen and oxygen atoms in total. The molecule has 0 aliphatic heterocycles. The maximum atomic E-state index is 12.8. The Morgan fingerprint density at radius 3 is 2.64 bits per heavy atom. The second-order valence-corrected chi connectivity index (χ2v) is 5.98. The van der Waals surface area contributed by atoms with Crippen molar-refractivity contribution in [2.24, 2.45) is 0 Å². The number of nitrogens with zero attached hydrogens (tertiary/aromatic N) is 3. The summed E-state index contributed by atoms with van der Waals surface area (Å²) in [7, 11) is 1.62. The van der Waals surface area contributed by atoms with Crippen molar-refractivity contribution in [3.05, 3.63) is 82.5 Å². The molecule has 0 unspecified atom stereocenters. The van der Waals surface area contributed by atoms with E-state index in [-0.39, 0.29) is 5.56 Å². The third kappa shape index (κ3) is 2.79. The second-order valence-electron chi connectivity index (χ2n) is 5.54. The Balaban J connectivity index is 1.85. The van der Waals surface area contributed by atoms with Gasteiger partial charge in [0.2, 0.25) is 5.65 Å². The van der Waals surface area contributed by atoms with Crippen molar-refractivity contribution < 1.29 is 4.74 Å². The number of ether oxygens (including phenoxy) is 1. The van der Waals surface area contributed by atoms with E-state index in [1.807, 2.05) is 36.7 Å². The first-order chi connectivity index (χ1) is 12.2. The Labute approximate surface area is 148 Å². The summed E-state index contributed by atoms with van der Waals surface area (Å²) in [6, 6.07) is 14.7. The van der Waals surface area contributed by atoms with Gasteiger partial charge in [-0.25, -0.2) is 4.98 Å². The zero-order valence-corrected chi connectivity index (χ0v) is 14.1.